The van der Waals surface area contributed by atoms with E-state index < -0.39 is 14.8 Å². The molecule has 0 aliphatic carbocycles. The summed E-state index contributed by atoms with van der Waals surface area (Å²) in [4.78, 5) is 26.7. The number of sulfone groups is 1. The quantitative estimate of drug-likeness (QED) is 0.493. The number of thiazole rings is 1. The molecular weight excluding hydrogens is 398 g/mol. The van der Waals surface area contributed by atoms with Gasteiger partial charge in [-0.25, -0.2) is 13.4 Å². The van der Waals surface area contributed by atoms with Crippen molar-refractivity contribution in [3.63, 3.8) is 0 Å². The Morgan fingerprint density at radius 3 is 2.58 bits per heavy atom. The molecule has 1 amide bonds. The Morgan fingerprint density at radius 2 is 1.96 bits per heavy atom. The second kappa shape index (κ2) is 7.32. The van der Waals surface area contributed by atoms with Crippen molar-refractivity contribution in [1.29, 1.82) is 0 Å². The maximum atomic E-state index is 12.6. The number of anilines is 1. The molecule has 11 heteroatoms. The van der Waals surface area contributed by atoms with Crippen LogP contribution in [0, 0.1) is 10.1 Å². The zero-order chi connectivity index (χ0) is 18.7. The van der Waals surface area contributed by atoms with Crippen LogP contribution in [0.15, 0.2) is 57.1 Å². The van der Waals surface area contributed by atoms with Gasteiger partial charge in [-0.05, 0) is 23.6 Å². The Kier molecular flexibility index (Phi) is 5.11. The van der Waals surface area contributed by atoms with E-state index in [1.807, 2.05) is 17.5 Å². The Morgan fingerprint density at radius 1 is 1.23 bits per heavy atom. The third kappa shape index (κ3) is 3.95. The second-order valence-corrected chi connectivity index (χ2v) is 9.28. The van der Waals surface area contributed by atoms with Crippen LogP contribution in [0.4, 0.5) is 10.8 Å². The fraction of sp³-hybridized carbons (Fsp3) is 0.0667. The number of carbonyl (C=O) groups excluding carboxylic acids is 1. The maximum absolute atomic E-state index is 12.6. The minimum atomic E-state index is -3.86. The summed E-state index contributed by atoms with van der Waals surface area (Å²) in [5.74, 6) is -0.291. The van der Waals surface area contributed by atoms with Crippen LogP contribution < -0.4 is 5.32 Å². The van der Waals surface area contributed by atoms with Crippen LogP contribution in [0.3, 0.4) is 0 Å². The van der Waals surface area contributed by atoms with E-state index in [-0.39, 0.29) is 32.3 Å². The number of non-ortho nitro benzene ring substituents is 1. The first-order valence-electron chi connectivity index (χ1n) is 7.14. The van der Waals surface area contributed by atoms with E-state index in [2.05, 4.69) is 10.3 Å². The summed E-state index contributed by atoms with van der Waals surface area (Å²) in [5.41, 5.74) is -0.199. The first kappa shape index (κ1) is 18.2. The van der Waals surface area contributed by atoms with Gasteiger partial charge in [0, 0.05) is 17.0 Å². The zero-order valence-electron chi connectivity index (χ0n) is 13.0. The molecule has 0 unspecified atom stereocenters. The molecule has 3 rings (SSSR count). The number of hydrogen-bond acceptors (Lipinski definition) is 8. The SMILES string of the molecule is O=C(Cc1cccs1)Nc1ncc(S(=O)(=O)c2ccc([N+](=O)[O-])cc2)s1. The number of aromatic nitrogens is 1. The van der Waals surface area contributed by atoms with Gasteiger partial charge in [0.05, 0.1) is 22.4 Å². The average Bonchev–Trinajstić information content (AvgIpc) is 3.27. The highest BCUT2D eigenvalue weighted by Gasteiger charge is 2.22. The van der Waals surface area contributed by atoms with Crippen molar-refractivity contribution in [3.8, 4) is 0 Å². The molecule has 0 bridgehead atoms. The van der Waals surface area contributed by atoms with Gasteiger partial charge < -0.3 is 5.32 Å². The standard InChI is InChI=1S/C15H11N3O5S3/c19-13(8-11-2-1-7-24-11)17-15-16-9-14(25-15)26(22,23)12-5-3-10(4-6-12)18(20)21/h1-7,9H,8H2,(H,16,17,19). The van der Waals surface area contributed by atoms with Crippen molar-refractivity contribution < 1.29 is 18.1 Å². The van der Waals surface area contributed by atoms with Gasteiger partial charge in [-0.15, -0.1) is 11.3 Å². The van der Waals surface area contributed by atoms with E-state index in [1.54, 1.807) is 0 Å². The highest BCUT2D eigenvalue weighted by Crippen LogP contribution is 2.29. The molecule has 8 nitrogen and oxygen atoms in total. The summed E-state index contributed by atoms with van der Waals surface area (Å²) < 4.78 is 25.1. The summed E-state index contributed by atoms with van der Waals surface area (Å²) in [6, 6.07) is 8.25. The van der Waals surface area contributed by atoms with Crippen LogP contribution in [0.25, 0.3) is 0 Å². The third-order valence-corrected chi connectivity index (χ3v) is 7.29. The monoisotopic (exact) mass is 409 g/mol. The summed E-state index contributed by atoms with van der Waals surface area (Å²) in [7, 11) is -3.86. The number of thiophene rings is 1. The molecule has 134 valence electrons. The number of carbonyl (C=O) groups is 1. The van der Waals surface area contributed by atoms with Crippen molar-refractivity contribution in [3.05, 3.63) is 63.0 Å². The van der Waals surface area contributed by atoms with E-state index in [4.69, 9.17) is 0 Å². The van der Waals surface area contributed by atoms with Gasteiger partial charge in [-0.3, -0.25) is 14.9 Å². The maximum Gasteiger partial charge on any atom is 0.269 e. The number of nitro benzene ring substituents is 1. The van der Waals surface area contributed by atoms with E-state index >= 15 is 0 Å². The second-order valence-electron chi connectivity index (χ2n) is 5.04. The smallest absolute Gasteiger partial charge is 0.269 e. The van der Waals surface area contributed by atoms with Gasteiger partial charge in [-0.2, -0.15) is 0 Å². The molecule has 0 saturated heterocycles. The third-order valence-electron chi connectivity index (χ3n) is 3.27. The minimum Gasteiger partial charge on any atom is -0.302 e. The van der Waals surface area contributed by atoms with E-state index in [0.717, 1.165) is 34.5 Å². The molecule has 0 atom stereocenters. The molecule has 1 aromatic carbocycles. The summed E-state index contributed by atoms with van der Waals surface area (Å²) in [6.07, 6.45) is 1.34. The molecule has 0 spiro atoms. The van der Waals surface area contributed by atoms with Crippen LogP contribution in [-0.2, 0) is 21.1 Å². The summed E-state index contributed by atoms with van der Waals surface area (Å²) in [5, 5.41) is 15.3. The predicted octanol–water partition coefficient (Wildman–Crippen LogP) is 3.13. The van der Waals surface area contributed by atoms with Crippen LogP contribution >= 0.6 is 22.7 Å². The molecule has 2 heterocycles. The summed E-state index contributed by atoms with van der Waals surface area (Å²) in [6.45, 7) is 0. The molecule has 0 radical (unpaired) electrons. The molecule has 3 aromatic rings. The molecule has 0 aliphatic rings. The lowest BCUT2D eigenvalue weighted by Crippen LogP contribution is -2.13. The number of nitrogens with zero attached hydrogens (tertiary/aromatic N) is 2. The molecule has 2 aromatic heterocycles. The number of rotatable bonds is 6. The van der Waals surface area contributed by atoms with Gasteiger partial charge in [0.2, 0.25) is 15.7 Å². The summed E-state index contributed by atoms with van der Waals surface area (Å²) >= 11 is 2.27. The minimum absolute atomic E-state index is 0.0576. The van der Waals surface area contributed by atoms with Crippen LogP contribution in [-0.4, -0.2) is 24.2 Å². The van der Waals surface area contributed by atoms with Crippen molar-refractivity contribution in [2.75, 3.05) is 5.32 Å². The molecule has 0 fully saturated rings. The van der Waals surface area contributed by atoms with Crippen molar-refractivity contribution in [2.45, 2.75) is 15.5 Å². The first-order valence-corrected chi connectivity index (χ1v) is 10.3. The number of hydrogen-bond donors (Lipinski definition) is 1. The number of amides is 1. The Hall–Kier alpha value is -2.63. The van der Waals surface area contributed by atoms with Crippen LogP contribution in [0.1, 0.15) is 4.88 Å². The van der Waals surface area contributed by atoms with Gasteiger partial charge in [-0.1, -0.05) is 17.4 Å². The van der Waals surface area contributed by atoms with Gasteiger partial charge in [0.25, 0.3) is 5.69 Å². The Bertz CT molecular complexity index is 1040. The fourth-order valence-electron chi connectivity index (χ4n) is 2.04. The first-order chi connectivity index (χ1) is 12.4. The van der Waals surface area contributed by atoms with Crippen molar-refractivity contribution >= 4 is 49.2 Å². The topological polar surface area (TPSA) is 119 Å². The van der Waals surface area contributed by atoms with E-state index in [1.165, 1.54) is 23.5 Å². The Balaban J connectivity index is 1.75. The van der Waals surface area contributed by atoms with Gasteiger partial charge in [0.1, 0.15) is 4.21 Å². The Labute approximate surface area is 156 Å². The number of nitrogens with one attached hydrogen (secondary N) is 1. The molecule has 0 saturated carbocycles. The highest BCUT2D eigenvalue weighted by molar-refractivity contribution is 7.93. The van der Waals surface area contributed by atoms with E-state index in [9.17, 15) is 23.3 Å². The molecule has 26 heavy (non-hydrogen) atoms. The number of nitro groups is 1. The van der Waals surface area contributed by atoms with Crippen LogP contribution in [0.5, 0.6) is 0 Å². The van der Waals surface area contributed by atoms with Crippen LogP contribution in [0.2, 0.25) is 0 Å². The lowest BCUT2D eigenvalue weighted by atomic mass is 10.3. The largest absolute Gasteiger partial charge is 0.302 e. The van der Waals surface area contributed by atoms with E-state index in [0.29, 0.717) is 0 Å². The highest BCUT2D eigenvalue weighted by atomic mass is 32.2. The average molecular weight is 409 g/mol. The lowest BCUT2D eigenvalue weighted by molar-refractivity contribution is -0.384. The van der Waals surface area contributed by atoms with Gasteiger partial charge >= 0.3 is 0 Å². The molecule has 1 N–H and O–H groups in total. The lowest BCUT2D eigenvalue weighted by Gasteiger charge is -2.01. The molecular formula is C15H11N3O5S3. The van der Waals surface area contributed by atoms with Gasteiger partial charge in [0.15, 0.2) is 5.13 Å². The van der Waals surface area contributed by atoms with Crippen molar-refractivity contribution in [1.82, 2.24) is 4.98 Å². The zero-order valence-corrected chi connectivity index (χ0v) is 15.4. The predicted molar refractivity (Wildman–Crippen MR) is 97.3 cm³/mol. The van der Waals surface area contributed by atoms with Crippen molar-refractivity contribution in [2.24, 2.45) is 0 Å². The molecule has 0 aliphatic heterocycles. The fourth-order valence-corrected chi connectivity index (χ4v) is 5.19. The normalized spacial score (nSPS) is 11.2. The number of benzene rings is 1.